The van der Waals surface area contributed by atoms with E-state index in [-0.39, 0.29) is 0 Å². The summed E-state index contributed by atoms with van der Waals surface area (Å²) < 4.78 is 0. The number of hydrogen-bond acceptors (Lipinski definition) is 6. The van der Waals surface area contributed by atoms with Crippen LogP contribution in [-0.2, 0) is 0 Å². The number of benzene rings is 10. The molecular formula is C70H44N6. The Morgan fingerprint density at radius 2 is 0.461 bits per heavy atom. The van der Waals surface area contributed by atoms with Gasteiger partial charge in [-0.05, 0) is 116 Å². The molecule has 0 atom stereocenters. The molecule has 0 N–H and O–H groups in total. The van der Waals surface area contributed by atoms with E-state index in [9.17, 15) is 0 Å². The van der Waals surface area contributed by atoms with Gasteiger partial charge in [-0.15, -0.1) is 0 Å². The van der Waals surface area contributed by atoms with Crippen LogP contribution in [0.25, 0.3) is 145 Å². The summed E-state index contributed by atoms with van der Waals surface area (Å²) in [6, 6.07) is 89.5. The van der Waals surface area contributed by atoms with Crippen molar-refractivity contribution in [3.05, 3.63) is 267 Å². The molecule has 0 fully saturated rings. The van der Waals surface area contributed by atoms with Gasteiger partial charge < -0.3 is 0 Å². The molecule has 4 heterocycles. The second-order valence-corrected chi connectivity index (χ2v) is 19.2. The average molecular weight is 969 g/mol. The second kappa shape index (κ2) is 19.0. The lowest BCUT2D eigenvalue weighted by molar-refractivity contribution is 1.18. The van der Waals surface area contributed by atoms with E-state index < -0.39 is 0 Å². The first-order valence-electron chi connectivity index (χ1n) is 25.5. The first kappa shape index (κ1) is 44.4. The summed E-state index contributed by atoms with van der Waals surface area (Å²) in [5, 5.41) is 6.88. The van der Waals surface area contributed by atoms with E-state index in [1.807, 2.05) is 24.5 Å². The molecule has 14 rings (SSSR count). The zero-order valence-corrected chi connectivity index (χ0v) is 41.1. The molecule has 14 aromatic rings. The third-order valence-electron chi connectivity index (χ3n) is 14.4. The zero-order valence-electron chi connectivity index (χ0n) is 41.1. The Morgan fingerprint density at radius 1 is 0.184 bits per heavy atom. The number of aromatic nitrogens is 6. The van der Waals surface area contributed by atoms with Gasteiger partial charge in [-0.2, -0.15) is 0 Å². The standard InChI is InChI=1S/C70H44N6/c1-3-9-55-41-61(31-21-45(55)7-1)69-73-65(43-67(75-69)53-27-17-49(18-28-53)57-33-35-63-59(39-57)11-5-37-71-63)51-23-13-47(14-24-51)48-15-25-52(26-16-48)66-44-68(76-70(74-66)62-32-22-46-8-2-4-10-56(46)42-62)54-29-19-50(20-30-54)58-34-36-64-60(40-58)12-6-38-72-64/h1-44H. The van der Waals surface area contributed by atoms with Crippen LogP contribution in [0, 0.1) is 0 Å². The summed E-state index contributed by atoms with van der Waals surface area (Å²) in [6.45, 7) is 0. The van der Waals surface area contributed by atoms with Crippen molar-refractivity contribution in [3.8, 4) is 101 Å². The van der Waals surface area contributed by atoms with Crippen molar-refractivity contribution in [2.45, 2.75) is 0 Å². The van der Waals surface area contributed by atoms with E-state index in [0.29, 0.717) is 11.6 Å². The van der Waals surface area contributed by atoms with Gasteiger partial charge in [0, 0.05) is 56.5 Å². The predicted octanol–water partition coefficient (Wildman–Crippen LogP) is 17.7. The molecule has 0 spiro atoms. The molecule has 10 aromatic carbocycles. The Labute approximate surface area is 439 Å². The van der Waals surface area contributed by atoms with Crippen molar-refractivity contribution >= 4 is 43.4 Å². The van der Waals surface area contributed by atoms with Gasteiger partial charge in [-0.1, -0.05) is 194 Å². The lowest BCUT2D eigenvalue weighted by atomic mass is 9.98. The monoisotopic (exact) mass is 968 g/mol. The van der Waals surface area contributed by atoms with Gasteiger partial charge in [-0.25, -0.2) is 19.9 Å². The van der Waals surface area contributed by atoms with Gasteiger partial charge in [0.2, 0.25) is 0 Å². The van der Waals surface area contributed by atoms with Crippen LogP contribution in [0.2, 0.25) is 0 Å². The molecule has 4 aromatic heterocycles. The highest BCUT2D eigenvalue weighted by Crippen LogP contribution is 2.35. The van der Waals surface area contributed by atoms with Crippen LogP contribution in [0.3, 0.4) is 0 Å². The minimum Gasteiger partial charge on any atom is -0.256 e. The molecule has 0 bridgehead atoms. The fourth-order valence-electron chi connectivity index (χ4n) is 10.2. The minimum atomic E-state index is 0.677. The molecule has 6 nitrogen and oxygen atoms in total. The van der Waals surface area contributed by atoms with Crippen LogP contribution in [0.4, 0.5) is 0 Å². The molecule has 76 heavy (non-hydrogen) atoms. The third-order valence-corrected chi connectivity index (χ3v) is 14.4. The average Bonchev–Trinajstić information content (AvgIpc) is 3.52. The number of fused-ring (bicyclic) bond motifs is 4. The number of rotatable bonds is 9. The molecule has 0 aliphatic heterocycles. The summed E-state index contributed by atoms with van der Waals surface area (Å²) in [6.07, 6.45) is 3.66. The molecule has 0 amide bonds. The van der Waals surface area contributed by atoms with E-state index in [1.54, 1.807) is 0 Å². The van der Waals surface area contributed by atoms with Crippen molar-refractivity contribution in [3.63, 3.8) is 0 Å². The molecule has 0 saturated heterocycles. The third kappa shape index (κ3) is 8.70. The summed E-state index contributed by atoms with van der Waals surface area (Å²) >= 11 is 0. The van der Waals surface area contributed by atoms with Crippen molar-refractivity contribution < 1.29 is 0 Å². The van der Waals surface area contributed by atoms with E-state index in [2.05, 4.69) is 253 Å². The van der Waals surface area contributed by atoms with Crippen molar-refractivity contribution in [2.24, 2.45) is 0 Å². The van der Waals surface area contributed by atoms with Crippen LogP contribution in [0.5, 0.6) is 0 Å². The lowest BCUT2D eigenvalue weighted by Crippen LogP contribution is -1.96. The molecule has 354 valence electrons. The Hall–Kier alpha value is -10.3. The highest BCUT2D eigenvalue weighted by molar-refractivity contribution is 5.90. The van der Waals surface area contributed by atoms with E-state index >= 15 is 0 Å². The van der Waals surface area contributed by atoms with Crippen molar-refractivity contribution in [1.82, 2.24) is 29.9 Å². The van der Waals surface area contributed by atoms with Gasteiger partial charge in [-0.3, -0.25) is 9.97 Å². The molecule has 6 heteroatoms. The van der Waals surface area contributed by atoms with Crippen molar-refractivity contribution in [2.75, 3.05) is 0 Å². The van der Waals surface area contributed by atoms with Crippen LogP contribution >= 0.6 is 0 Å². The molecular weight excluding hydrogens is 925 g/mol. The lowest BCUT2D eigenvalue weighted by Gasteiger charge is -2.12. The van der Waals surface area contributed by atoms with Gasteiger partial charge in [0.1, 0.15) is 0 Å². The van der Waals surface area contributed by atoms with Crippen molar-refractivity contribution in [1.29, 1.82) is 0 Å². The SMILES string of the molecule is c1ccc2cc(-c3nc(-c4ccc(-c5ccc(-c6cc(-c7ccc(-c8ccc9ncccc9c8)cc7)nc(-c7ccc8ccccc8c7)n6)cc5)cc4)cc(-c4ccc(-c5ccc6ncccc6c5)cc4)n3)ccc2c1. The molecule has 0 radical (unpaired) electrons. The van der Waals surface area contributed by atoms with Gasteiger partial charge in [0.25, 0.3) is 0 Å². The van der Waals surface area contributed by atoms with Gasteiger partial charge in [0.05, 0.1) is 33.8 Å². The number of hydrogen-bond donors (Lipinski definition) is 0. The van der Waals surface area contributed by atoms with Crippen LogP contribution < -0.4 is 0 Å². The first-order chi connectivity index (χ1) is 37.6. The summed E-state index contributed by atoms with van der Waals surface area (Å²) in [5.74, 6) is 1.35. The maximum absolute atomic E-state index is 5.22. The maximum atomic E-state index is 5.22. The second-order valence-electron chi connectivity index (χ2n) is 19.2. The fourth-order valence-corrected chi connectivity index (χ4v) is 10.2. The summed E-state index contributed by atoms with van der Waals surface area (Å²) in [5.41, 5.74) is 18.1. The van der Waals surface area contributed by atoms with Gasteiger partial charge in [0.15, 0.2) is 11.6 Å². The normalized spacial score (nSPS) is 11.4. The number of nitrogens with zero attached hydrogens (tertiary/aromatic N) is 6. The largest absolute Gasteiger partial charge is 0.256 e. The molecule has 0 aliphatic carbocycles. The van der Waals surface area contributed by atoms with E-state index in [4.69, 9.17) is 19.9 Å². The quantitative estimate of drug-likeness (QED) is 0.143. The van der Waals surface area contributed by atoms with E-state index in [1.165, 1.54) is 10.8 Å². The van der Waals surface area contributed by atoms with Crippen LogP contribution in [0.15, 0.2) is 267 Å². The Balaban J connectivity index is 0.781. The Bertz CT molecular complexity index is 4200. The maximum Gasteiger partial charge on any atom is 0.160 e. The smallest absolute Gasteiger partial charge is 0.160 e. The molecule has 0 unspecified atom stereocenters. The van der Waals surface area contributed by atoms with Gasteiger partial charge >= 0.3 is 0 Å². The predicted molar refractivity (Wildman–Crippen MR) is 312 cm³/mol. The minimum absolute atomic E-state index is 0.677. The Morgan fingerprint density at radius 3 is 0.829 bits per heavy atom. The zero-order chi connectivity index (χ0) is 50.4. The fraction of sp³-hybridized carbons (Fsp3) is 0. The number of pyridine rings is 2. The van der Waals surface area contributed by atoms with E-state index in [0.717, 1.165) is 122 Å². The first-order valence-corrected chi connectivity index (χ1v) is 25.5. The highest BCUT2D eigenvalue weighted by Gasteiger charge is 2.15. The summed E-state index contributed by atoms with van der Waals surface area (Å²) in [4.78, 5) is 29.8. The summed E-state index contributed by atoms with van der Waals surface area (Å²) in [7, 11) is 0. The molecule has 0 saturated carbocycles. The highest BCUT2D eigenvalue weighted by atomic mass is 14.9. The van der Waals surface area contributed by atoms with Crippen LogP contribution in [-0.4, -0.2) is 29.9 Å². The van der Waals surface area contributed by atoms with Crippen LogP contribution in [0.1, 0.15) is 0 Å². The molecule has 0 aliphatic rings. The Kier molecular flexibility index (Phi) is 11.1. The topological polar surface area (TPSA) is 77.3 Å².